The molecular formula is C18H22N4O3. The summed E-state index contributed by atoms with van der Waals surface area (Å²) in [5.41, 5.74) is 1.03. The second-order valence-electron chi connectivity index (χ2n) is 6.62. The monoisotopic (exact) mass is 342 g/mol. The molecule has 0 saturated heterocycles. The van der Waals surface area contributed by atoms with Crippen molar-refractivity contribution in [2.45, 2.75) is 46.3 Å². The van der Waals surface area contributed by atoms with Crippen molar-refractivity contribution in [3.8, 4) is 5.75 Å². The van der Waals surface area contributed by atoms with Gasteiger partial charge in [-0.05, 0) is 46.8 Å². The number of rotatable bonds is 3. The van der Waals surface area contributed by atoms with Gasteiger partial charge in [0.15, 0.2) is 0 Å². The molecule has 7 nitrogen and oxygen atoms in total. The van der Waals surface area contributed by atoms with Gasteiger partial charge in [-0.2, -0.15) is 5.10 Å². The Bertz CT molecular complexity index is 856. The summed E-state index contributed by atoms with van der Waals surface area (Å²) < 4.78 is 7.59. The van der Waals surface area contributed by atoms with Gasteiger partial charge in [-0.25, -0.2) is 0 Å². The normalized spacial score (nSPS) is 19.2. The van der Waals surface area contributed by atoms with Crippen molar-refractivity contribution < 1.29 is 14.3 Å². The number of para-hydroxylation sites is 2. The molecule has 1 atom stereocenters. The van der Waals surface area contributed by atoms with Crippen molar-refractivity contribution in [2.75, 3.05) is 10.6 Å². The number of benzene rings is 1. The largest absolute Gasteiger partial charge is 0.466 e. The fourth-order valence-electron chi connectivity index (χ4n) is 2.90. The highest BCUT2D eigenvalue weighted by molar-refractivity contribution is 6.19. The lowest BCUT2D eigenvalue weighted by atomic mass is 10.0. The highest BCUT2D eigenvalue weighted by atomic mass is 16.5. The van der Waals surface area contributed by atoms with E-state index >= 15 is 0 Å². The van der Waals surface area contributed by atoms with Gasteiger partial charge in [-0.1, -0.05) is 12.1 Å². The van der Waals surface area contributed by atoms with Gasteiger partial charge < -0.3 is 15.4 Å². The third-order valence-corrected chi connectivity index (χ3v) is 4.37. The maximum absolute atomic E-state index is 12.9. The van der Waals surface area contributed by atoms with Crippen LogP contribution in [0.3, 0.4) is 0 Å². The van der Waals surface area contributed by atoms with Gasteiger partial charge in [-0.3, -0.25) is 14.3 Å². The number of nitrogens with zero attached hydrogens (tertiary/aromatic N) is 2. The number of aromatic nitrogens is 2. The average Bonchev–Trinajstić information content (AvgIpc) is 2.84. The van der Waals surface area contributed by atoms with Crippen LogP contribution in [0.15, 0.2) is 24.3 Å². The summed E-state index contributed by atoms with van der Waals surface area (Å²) in [5.74, 6) is -0.574. The van der Waals surface area contributed by atoms with E-state index in [0.29, 0.717) is 22.8 Å². The molecule has 1 aliphatic rings. The van der Waals surface area contributed by atoms with Crippen LogP contribution in [0.2, 0.25) is 0 Å². The number of ether oxygens (including phenoxy) is 1. The van der Waals surface area contributed by atoms with E-state index < -0.39 is 17.4 Å². The Labute approximate surface area is 146 Å². The molecular weight excluding hydrogens is 320 g/mol. The second-order valence-corrected chi connectivity index (χ2v) is 6.62. The standard InChI is InChI=1S/C18H22N4O3/c1-10(2)22-12(4)15(11(3)21-22)20-17(24)18(5)16(23)19-13-8-6-7-9-14(13)25-18/h6-10H,1-5H3,(H,19,23)(H,20,24)/t18-/m1/s1. The number of anilines is 2. The first-order valence-corrected chi connectivity index (χ1v) is 8.20. The zero-order valence-corrected chi connectivity index (χ0v) is 15.0. The highest BCUT2D eigenvalue weighted by Gasteiger charge is 2.47. The predicted molar refractivity (Wildman–Crippen MR) is 94.8 cm³/mol. The molecule has 0 bridgehead atoms. The molecule has 0 unspecified atom stereocenters. The van der Waals surface area contributed by atoms with Crippen LogP contribution in [0.1, 0.15) is 38.2 Å². The summed E-state index contributed by atoms with van der Waals surface area (Å²) >= 11 is 0. The molecule has 3 rings (SSSR count). The van der Waals surface area contributed by atoms with Crippen LogP contribution in [0, 0.1) is 13.8 Å². The molecule has 25 heavy (non-hydrogen) atoms. The second kappa shape index (κ2) is 5.91. The molecule has 2 amide bonds. The molecule has 1 aliphatic heterocycles. The van der Waals surface area contributed by atoms with Crippen LogP contribution < -0.4 is 15.4 Å². The van der Waals surface area contributed by atoms with Crippen LogP contribution in [-0.2, 0) is 9.59 Å². The van der Waals surface area contributed by atoms with Crippen molar-refractivity contribution >= 4 is 23.2 Å². The minimum absolute atomic E-state index is 0.168. The molecule has 0 spiro atoms. The van der Waals surface area contributed by atoms with Gasteiger partial charge in [0.1, 0.15) is 5.75 Å². The predicted octanol–water partition coefficient (Wildman–Crippen LogP) is 2.81. The number of amides is 2. The summed E-state index contributed by atoms with van der Waals surface area (Å²) in [4.78, 5) is 25.3. The Kier molecular flexibility index (Phi) is 4.02. The molecule has 0 aliphatic carbocycles. The molecule has 132 valence electrons. The van der Waals surface area contributed by atoms with Crippen LogP contribution in [0.5, 0.6) is 5.75 Å². The fourth-order valence-corrected chi connectivity index (χ4v) is 2.90. The van der Waals surface area contributed by atoms with Crippen molar-refractivity contribution in [1.82, 2.24) is 9.78 Å². The number of fused-ring (bicyclic) bond motifs is 1. The zero-order chi connectivity index (χ0) is 18.4. The zero-order valence-electron chi connectivity index (χ0n) is 15.0. The summed E-state index contributed by atoms with van der Waals surface area (Å²) in [7, 11) is 0. The lowest BCUT2D eigenvalue weighted by Gasteiger charge is -2.33. The smallest absolute Gasteiger partial charge is 0.278 e. The van der Waals surface area contributed by atoms with Crippen LogP contribution in [0.25, 0.3) is 0 Å². The number of carbonyl (C=O) groups is 2. The topological polar surface area (TPSA) is 85.2 Å². The Morgan fingerprint density at radius 2 is 2.00 bits per heavy atom. The molecule has 2 heterocycles. The minimum atomic E-state index is -1.66. The molecule has 0 saturated carbocycles. The van der Waals surface area contributed by atoms with E-state index in [9.17, 15) is 9.59 Å². The molecule has 0 fully saturated rings. The van der Waals surface area contributed by atoms with Crippen molar-refractivity contribution in [3.63, 3.8) is 0 Å². The number of hydrogen-bond donors (Lipinski definition) is 2. The van der Waals surface area contributed by atoms with Crippen LogP contribution in [-0.4, -0.2) is 27.2 Å². The summed E-state index contributed by atoms with van der Waals surface area (Å²) in [6, 6.07) is 7.19. The lowest BCUT2D eigenvalue weighted by Crippen LogP contribution is -2.56. The first-order chi connectivity index (χ1) is 11.7. The average molecular weight is 342 g/mol. The maximum atomic E-state index is 12.9. The first kappa shape index (κ1) is 17.0. The van der Waals surface area contributed by atoms with Gasteiger partial charge in [-0.15, -0.1) is 0 Å². The molecule has 1 aromatic heterocycles. The third-order valence-electron chi connectivity index (χ3n) is 4.37. The summed E-state index contributed by atoms with van der Waals surface area (Å²) in [6.45, 7) is 9.20. The SMILES string of the molecule is Cc1nn(C(C)C)c(C)c1NC(=O)[C@]1(C)Oc2ccccc2NC1=O. The minimum Gasteiger partial charge on any atom is -0.466 e. The van der Waals surface area contributed by atoms with Crippen LogP contribution >= 0.6 is 0 Å². The molecule has 2 aromatic rings. The van der Waals surface area contributed by atoms with Crippen molar-refractivity contribution in [2.24, 2.45) is 0 Å². The quantitative estimate of drug-likeness (QED) is 0.840. The van der Waals surface area contributed by atoms with Gasteiger partial charge in [0.25, 0.3) is 17.4 Å². The number of hydrogen-bond acceptors (Lipinski definition) is 4. The van der Waals surface area contributed by atoms with E-state index in [1.54, 1.807) is 24.3 Å². The van der Waals surface area contributed by atoms with E-state index in [0.717, 1.165) is 5.69 Å². The Morgan fingerprint density at radius 3 is 2.64 bits per heavy atom. The van der Waals surface area contributed by atoms with Crippen molar-refractivity contribution in [3.05, 3.63) is 35.7 Å². The first-order valence-electron chi connectivity index (χ1n) is 8.20. The van der Waals surface area contributed by atoms with E-state index in [1.165, 1.54) is 6.92 Å². The third kappa shape index (κ3) is 2.75. The maximum Gasteiger partial charge on any atom is 0.278 e. The molecule has 0 radical (unpaired) electrons. The Morgan fingerprint density at radius 1 is 1.32 bits per heavy atom. The van der Waals surface area contributed by atoms with Crippen molar-refractivity contribution in [1.29, 1.82) is 0 Å². The number of aryl methyl sites for hydroxylation is 1. The van der Waals surface area contributed by atoms with E-state index in [1.807, 2.05) is 32.4 Å². The molecule has 2 N–H and O–H groups in total. The number of carbonyl (C=O) groups excluding carboxylic acids is 2. The molecule has 1 aromatic carbocycles. The van der Waals surface area contributed by atoms with Gasteiger partial charge >= 0.3 is 0 Å². The summed E-state index contributed by atoms with van der Waals surface area (Å²) in [6.07, 6.45) is 0. The van der Waals surface area contributed by atoms with Crippen LogP contribution in [0.4, 0.5) is 11.4 Å². The van der Waals surface area contributed by atoms with E-state index in [2.05, 4.69) is 15.7 Å². The Balaban J connectivity index is 1.90. The highest BCUT2D eigenvalue weighted by Crippen LogP contribution is 2.34. The summed E-state index contributed by atoms with van der Waals surface area (Å²) in [5, 5.41) is 9.99. The van der Waals surface area contributed by atoms with Gasteiger partial charge in [0.2, 0.25) is 0 Å². The van der Waals surface area contributed by atoms with Gasteiger partial charge in [0, 0.05) is 6.04 Å². The fraction of sp³-hybridized carbons (Fsp3) is 0.389. The number of nitrogens with one attached hydrogen (secondary N) is 2. The van der Waals surface area contributed by atoms with E-state index in [4.69, 9.17) is 4.74 Å². The van der Waals surface area contributed by atoms with E-state index in [-0.39, 0.29) is 6.04 Å². The Hall–Kier alpha value is -2.83. The lowest BCUT2D eigenvalue weighted by molar-refractivity contribution is -0.143. The molecule has 7 heteroatoms. The van der Waals surface area contributed by atoms with Gasteiger partial charge in [0.05, 0.1) is 22.8 Å².